The lowest BCUT2D eigenvalue weighted by atomic mass is 10.2. The van der Waals surface area contributed by atoms with Crippen molar-refractivity contribution in [2.75, 3.05) is 6.61 Å². The van der Waals surface area contributed by atoms with E-state index in [9.17, 15) is 9.18 Å². The summed E-state index contributed by atoms with van der Waals surface area (Å²) in [6.07, 6.45) is 2.03. The molecule has 3 rings (SSSR count). The van der Waals surface area contributed by atoms with Crippen LogP contribution in [-0.4, -0.2) is 42.8 Å². The lowest BCUT2D eigenvalue weighted by Crippen LogP contribution is -2.19. The lowest BCUT2D eigenvalue weighted by Gasteiger charge is -2.12. The van der Waals surface area contributed by atoms with Crippen LogP contribution in [0.15, 0.2) is 35.6 Å². The van der Waals surface area contributed by atoms with Crippen molar-refractivity contribution in [1.82, 2.24) is 25.0 Å². The molecule has 1 atom stereocenters. The van der Waals surface area contributed by atoms with Crippen LogP contribution in [0.3, 0.4) is 0 Å². The predicted molar refractivity (Wildman–Crippen MR) is 95.2 cm³/mol. The van der Waals surface area contributed by atoms with Gasteiger partial charge in [0.15, 0.2) is 11.2 Å². The molecule has 0 spiro atoms. The molecule has 0 unspecified atom stereocenters. The van der Waals surface area contributed by atoms with E-state index < -0.39 is 0 Å². The molecule has 26 heavy (non-hydrogen) atoms. The Morgan fingerprint density at radius 3 is 2.73 bits per heavy atom. The number of benzene rings is 1. The number of ether oxygens (including phenoxy) is 1. The van der Waals surface area contributed by atoms with Gasteiger partial charge in [0.05, 0.1) is 13.2 Å². The van der Waals surface area contributed by atoms with Gasteiger partial charge in [-0.15, -0.1) is 5.10 Å². The van der Waals surface area contributed by atoms with Gasteiger partial charge in [-0.1, -0.05) is 36.0 Å². The number of fused-ring (bicyclic) bond motifs is 1. The number of esters is 1. The molecule has 0 radical (unpaired) electrons. The molecule has 3 aromatic rings. The molecule has 0 aliphatic carbocycles. The van der Waals surface area contributed by atoms with Gasteiger partial charge in [-0.25, -0.2) is 19.0 Å². The fourth-order valence-electron chi connectivity index (χ4n) is 2.39. The highest BCUT2D eigenvalue weighted by atomic mass is 32.2. The molecular formula is C17H18FN5O2S. The zero-order valence-electron chi connectivity index (χ0n) is 14.4. The van der Waals surface area contributed by atoms with Crippen LogP contribution in [0.25, 0.3) is 11.2 Å². The summed E-state index contributed by atoms with van der Waals surface area (Å²) in [4.78, 5) is 20.5. The number of nitrogens with zero attached hydrogens (tertiary/aromatic N) is 5. The summed E-state index contributed by atoms with van der Waals surface area (Å²) >= 11 is 1.30. The van der Waals surface area contributed by atoms with Crippen LogP contribution < -0.4 is 0 Å². The number of carbonyl (C=O) groups excluding carboxylic acids is 1. The summed E-state index contributed by atoms with van der Waals surface area (Å²) in [5, 5.41) is 8.51. The van der Waals surface area contributed by atoms with E-state index in [4.69, 9.17) is 4.74 Å². The first-order valence-corrected chi connectivity index (χ1v) is 9.12. The summed E-state index contributed by atoms with van der Waals surface area (Å²) in [5.74, 6) is -0.562. The van der Waals surface area contributed by atoms with E-state index in [2.05, 4.69) is 20.3 Å². The van der Waals surface area contributed by atoms with Crippen molar-refractivity contribution in [2.45, 2.75) is 37.1 Å². The van der Waals surface area contributed by atoms with Gasteiger partial charge in [-0.2, -0.15) is 0 Å². The highest BCUT2D eigenvalue weighted by Gasteiger charge is 2.22. The second-order valence-corrected chi connectivity index (χ2v) is 6.68. The average molecular weight is 375 g/mol. The standard InChI is InChI=1S/C17H18FN5O2S/c1-3-13(17(24)25-4-2)26-16-14-15(19-10-20-16)23(22-21-14)9-11-5-7-12(18)8-6-11/h5-8,10,13H,3-4,9H2,1-2H3/t13-/m1/s1. The third-order valence-corrected chi connectivity index (χ3v) is 5.02. The van der Waals surface area contributed by atoms with Crippen LogP contribution in [0.4, 0.5) is 4.39 Å². The summed E-state index contributed by atoms with van der Waals surface area (Å²) in [5.41, 5.74) is 1.97. The van der Waals surface area contributed by atoms with Gasteiger partial charge in [-0.3, -0.25) is 4.79 Å². The first-order chi connectivity index (χ1) is 12.6. The molecule has 2 heterocycles. The van der Waals surface area contributed by atoms with Gasteiger partial charge in [0.25, 0.3) is 0 Å². The van der Waals surface area contributed by atoms with Crippen LogP contribution in [0.2, 0.25) is 0 Å². The molecule has 0 saturated carbocycles. The molecule has 1 aromatic carbocycles. The highest BCUT2D eigenvalue weighted by molar-refractivity contribution is 8.00. The van der Waals surface area contributed by atoms with E-state index in [-0.39, 0.29) is 17.0 Å². The molecule has 0 aliphatic heterocycles. The maximum atomic E-state index is 13.1. The van der Waals surface area contributed by atoms with Gasteiger partial charge in [0.1, 0.15) is 22.4 Å². The molecule has 9 heteroatoms. The quantitative estimate of drug-likeness (QED) is 0.357. The second kappa shape index (κ2) is 8.22. The molecule has 0 fully saturated rings. The van der Waals surface area contributed by atoms with Crippen molar-refractivity contribution < 1.29 is 13.9 Å². The topological polar surface area (TPSA) is 82.8 Å². The molecule has 136 valence electrons. The van der Waals surface area contributed by atoms with Gasteiger partial charge in [-0.05, 0) is 31.0 Å². The fraction of sp³-hybridized carbons (Fsp3) is 0.353. The number of aromatic nitrogens is 5. The number of rotatable bonds is 7. The van der Waals surface area contributed by atoms with Crippen LogP contribution in [-0.2, 0) is 16.1 Å². The first-order valence-electron chi connectivity index (χ1n) is 8.24. The molecule has 0 saturated heterocycles. The summed E-state index contributed by atoms with van der Waals surface area (Å²) in [6.45, 7) is 4.44. The van der Waals surface area contributed by atoms with Crippen molar-refractivity contribution >= 4 is 28.9 Å². The molecule has 0 N–H and O–H groups in total. The monoisotopic (exact) mass is 375 g/mol. The smallest absolute Gasteiger partial charge is 0.319 e. The van der Waals surface area contributed by atoms with Crippen LogP contribution in [0, 0.1) is 5.82 Å². The number of hydrogen-bond acceptors (Lipinski definition) is 7. The molecule has 0 aliphatic rings. The van der Waals surface area contributed by atoms with Gasteiger partial charge < -0.3 is 4.74 Å². The predicted octanol–water partition coefficient (Wildman–Crippen LogP) is 2.84. The Bertz CT molecular complexity index is 900. The third kappa shape index (κ3) is 3.98. The van der Waals surface area contributed by atoms with Crippen LogP contribution >= 0.6 is 11.8 Å². The fourth-order valence-corrected chi connectivity index (χ4v) is 3.35. The van der Waals surface area contributed by atoms with Crippen molar-refractivity contribution in [2.24, 2.45) is 0 Å². The summed E-state index contributed by atoms with van der Waals surface area (Å²) in [6, 6.07) is 6.17. The molecule has 7 nitrogen and oxygen atoms in total. The lowest BCUT2D eigenvalue weighted by molar-refractivity contribution is -0.142. The van der Waals surface area contributed by atoms with E-state index in [0.717, 1.165) is 5.56 Å². The Morgan fingerprint density at radius 1 is 1.27 bits per heavy atom. The van der Waals surface area contributed by atoms with E-state index >= 15 is 0 Å². The SMILES string of the molecule is CCOC(=O)[C@@H](CC)Sc1ncnc2c1nnn2Cc1ccc(F)cc1. The number of carbonyl (C=O) groups is 1. The van der Waals surface area contributed by atoms with Crippen LogP contribution in [0.5, 0.6) is 0 Å². The summed E-state index contributed by atoms with van der Waals surface area (Å²) in [7, 11) is 0. The third-order valence-electron chi connectivity index (χ3n) is 3.69. The van der Waals surface area contributed by atoms with Crippen molar-refractivity contribution in [1.29, 1.82) is 0 Å². The van der Waals surface area contributed by atoms with Gasteiger partial charge in [0, 0.05) is 0 Å². The van der Waals surface area contributed by atoms with E-state index in [1.54, 1.807) is 23.7 Å². The Morgan fingerprint density at radius 2 is 2.04 bits per heavy atom. The molecular weight excluding hydrogens is 357 g/mol. The maximum Gasteiger partial charge on any atom is 0.319 e. The Hall–Kier alpha value is -2.55. The second-order valence-electron chi connectivity index (χ2n) is 5.49. The van der Waals surface area contributed by atoms with E-state index in [1.807, 2.05) is 6.92 Å². The minimum Gasteiger partial charge on any atom is -0.465 e. The average Bonchev–Trinajstić information content (AvgIpc) is 3.05. The van der Waals surface area contributed by atoms with Crippen molar-refractivity contribution in [3.8, 4) is 0 Å². The Labute approximate surface area is 154 Å². The normalized spacial score (nSPS) is 12.3. The maximum absolute atomic E-state index is 13.1. The van der Waals surface area contributed by atoms with Crippen molar-refractivity contribution in [3.63, 3.8) is 0 Å². The van der Waals surface area contributed by atoms with Gasteiger partial charge in [0.2, 0.25) is 0 Å². The Kier molecular flexibility index (Phi) is 5.77. The van der Waals surface area contributed by atoms with E-state index in [1.165, 1.54) is 30.2 Å². The summed E-state index contributed by atoms with van der Waals surface area (Å²) < 4.78 is 19.8. The zero-order chi connectivity index (χ0) is 18.5. The van der Waals surface area contributed by atoms with E-state index in [0.29, 0.717) is 35.8 Å². The van der Waals surface area contributed by atoms with Crippen LogP contribution in [0.1, 0.15) is 25.8 Å². The highest BCUT2D eigenvalue weighted by Crippen LogP contribution is 2.29. The van der Waals surface area contributed by atoms with Gasteiger partial charge >= 0.3 is 5.97 Å². The number of thioether (sulfide) groups is 1. The minimum atomic E-state index is -0.365. The molecule has 0 amide bonds. The first kappa shape index (κ1) is 18.2. The van der Waals surface area contributed by atoms with Crippen molar-refractivity contribution in [3.05, 3.63) is 42.0 Å². The zero-order valence-corrected chi connectivity index (χ0v) is 15.2. The molecule has 2 aromatic heterocycles. The minimum absolute atomic E-state index is 0.273. The Balaban J connectivity index is 1.86. The molecule has 0 bridgehead atoms. The largest absolute Gasteiger partial charge is 0.465 e. The number of halogens is 1. The number of hydrogen-bond donors (Lipinski definition) is 0.